The second-order valence-electron chi connectivity index (χ2n) is 2.89. The summed E-state index contributed by atoms with van der Waals surface area (Å²) in [6, 6.07) is 0. The van der Waals surface area contributed by atoms with Crippen molar-refractivity contribution in [1.82, 2.24) is 5.32 Å². The summed E-state index contributed by atoms with van der Waals surface area (Å²) in [4.78, 5) is 10.5. The highest BCUT2D eigenvalue weighted by Gasteiger charge is 2.17. The molecule has 0 aliphatic rings. The Balaban J connectivity index is 3.67. The second kappa shape index (κ2) is 5.55. The van der Waals surface area contributed by atoms with E-state index in [2.05, 4.69) is 10.1 Å². The van der Waals surface area contributed by atoms with Gasteiger partial charge in [-0.15, -0.1) is 0 Å². The largest absolute Gasteiger partial charge is 0.466 e. The highest BCUT2D eigenvalue weighted by Crippen LogP contribution is 1.97. The summed E-state index contributed by atoms with van der Waals surface area (Å²) in [5.41, 5.74) is -1.18. The van der Waals surface area contributed by atoms with E-state index in [1.54, 1.807) is 0 Å². The average Bonchev–Trinajstić information content (AvgIpc) is 2.12. The molecule has 13 heavy (non-hydrogen) atoms. The lowest BCUT2D eigenvalue weighted by Crippen LogP contribution is -2.39. The number of aliphatic hydroxyl groups is 2. The molecule has 0 aliphatic carbocycles. The van der Waals surface area contributed by atoms with Crippen molar-refractivity contribution in [1.29, 1.82) is 0 Å². The van der Waals surface area contributed by atoms with E-state index in [-0.39, 0.29) is 13.2 Å². The summed E-state index contributed by atoms with van der Waals surface area (Å²) in [6.45, 7) is 1.30. The molecule has 0 aromatic carbocycles. The molecule has 0 heterocycles. The minimum Gasteiger partial charge on any atom is -0.466 e. The third-order valence-corrected chi connectivity index (χ3v) is 1.36. The summed E-state index contributed by atoms with van der Waals surface area (Å²) in [7, 11) is 1.27. The molecule has 0 saturated carbocycles. The number of rotatable bonds is 5. The van der Waals surface area contributed by atoms with Crippen LogP contribution < -0.4 is 5.32 Å². The van der Waals surface area contributed by atoms with Gasteiger partial charge in [-0.3, -0.25) is 0 Å². The molecule has 3 N–H and O–H groups in total. The number of carbonyl (C=O) groups is 1. The first-order valence-corrected chi connectivity index (χ1v) is 3.83. The maximum atomic E-state index is 10.5. The molecule has 0 bridgehead atoms. The van der Waals surface area contributed by atoms with E-state index < -0.39 is 11.6 Å². The van der Waals surface area contributed by atoms with Crippen LogP contribution in [0.1, 0.15) is 6.92 Å². The topological polar surface area (TPSA) is 78.8 Å². The summed E-state index contributed by atoms with van der Waals surface area (Å²) in [5, 5.41) is 20.6. The fourth-order valence-electron chi connectivity index (χ4n) is 0.530. The molecule has 1 atom stereocenters. The Labute approximate surface area is 77.0 Å². The molecule has 5 heteroatoms. The minimum atomic E-state index is -1.18. The van der Waals surface area contributed by atoms with E-state index in [0.29, 0.717) is 0 Å². The molecule has 0 aliphatic heterocycles. The zero-order valence-corrected chi connectivity index (χ0v) is 7.78. The Kier molecular flexibility index (Phi) is 5.10. The zero-order valence-electron chi connectivity index (χ0n) is 7.78. The van der Waals surface area contributed by atoms with Crippen LogP contribution in [0.3, 0.4) is 0 Å². The summed E-state index contributed by atoms with van der Waals surface area (Å²) >= 11 is 0. The molecule has 76 valence electrons. The summed E-state index contributed by atoms with van der Waals surface area (Å²) < 4.78 is 4.33. The van der Waals surface area contributed by atoms with E-state index in [1.807, 2.05) is 0 Å². The summed E-state index contributed by atoms with van der Waals surface area (Å²) in [6.07, 6.45) is 2.55. The van der Waals surface area contributed by atoms with Crippen LogP contribution in [0.15, 0.2) is 12.3 Å². The Morgan fingerprint density at radius 1 is 1.69 bits per heavy atom. The predicted octanol–water partition coefficient (Wildman–Crippen LogP) is -0.994. The quantitative estimate of drug-likeness (QED) is 0.382. The average molecular weight is 189 g/mol. The van der Waals surface area contributed by atoms with E-state index in [4.69, 9.17) is 5.11 Å². The van der Waals surface area contributed by atoms with Crippen LogP contribution in [0.25, 0.3) is 0 Å². The molecule has 0 amide bonds. The highest BCUT2D eigenvalue weighted by molar-refractivity contribution is 5.81. The van der Waals surface area contributed by atoms with Crippen molar-refractivity contribution in [3.05, 3.63) is 12.3 Å². The molecule has 0 aromatic heterocycles. The molecular formula is C8H15NO4. The summed E-state index contributed by atoms with van der Waals surface area (Å²) in [5.74, 6) is -0.476. The highest BCUT2D eigenvalue weighted by atomic mass is 16.5. The van der Waals surface area contributed by atoms with E-state index in [9.17, 15) is 9.90 Å². The van der Waals surface area contributed by atoms with Gasteiger partial charge in [0.1, 0.15) is 5.60 Å². The van der Waals surface area contributed by atoms with Gasteiger partial charge in [-0.05, 0) is 6.92 Å². The van der Waals surface area contributed by atoms with Crippen molar-refractivity contribution in [2.45, 2.75) is 12.5 Å². The third-order valence-electron chi connectivity index (χ3n) is 1.36. The lowest BCUT2D eigenvalue weighted by Gasteiger charge is -2.19. The molecule has 0 radical (unpaired) electrons. The van der Waals surface area contributed by atoms with Crippen molar-refractivity contribution < 1.29 is 19.7 Å². The molecule has 0 saturated heterocycles. The molecule has 0 aromatic rings. The fraction of sp³-hybridized carbons (Fsp3) is 0.625. The smallest absolute Gasteiger partial charge is 0.331 e. The van der Waals surface area contributed by atoms with Gasteiger partial charge in [0.25, 0.3) is 0 Å². The Hall–Kier alpha value is -1.07. The number of carbonyl (C=O) groups excluding carboxylic acids is 1. The van der Waals surface area contributed by atoms with Crippen LogP contribution in [-0.4, -0.2) is 42.0 Å². The molecular weight excluding hydrogens is 174 g/mol. The first-order valence-electron chi connectivity index (χ1n) is 3.83. The van der Waals surface area contributed by atoms with Gasteiger partial charge in [0.05, 0.1) is 13.7 Å². The Bertz CT molecular complexity index is 189. The van der Waals surface area contributed by atoms with Crippen molar-refractivity contribution in [2.24, 2.45) is 0 Å². The standard InChI is InChI=1S/C8H15NO4/c1-8(12,6-10)5-9-4-3-7(11)13-2/h3-4,9-10,12H,5-6H2,1-2H3/b4-3+. The number of ether oxygens (including phenoxy) is 1. The van der Waals surface area contributed by atoms with Crippen molar-refractivity contribution >= 4 is 5.97 Å². The van der Waals surface area contributed by atoms with Crippen LogP contribution in [0.5, 0.6) is 0 Å². The van der Waals surface area contributed by atoms with Crippen LogP contribution in [0.2, 0.25) is 0 Å². The predicted molar refractivity (Wildman–Crippen MR) is 46.9 cm³/mol. The maximum Gasteiger partial charge on any atom is 0.331 e. The maximum absolute atomic E-state index is 10.5. The zero-order chi connectivity index (χ0) is 10.3. The van der Waals surface area contributed by atoms with E-state index >= 15 is 0 Å². The normalized spacial score (nSPS) is 15.4. The first-order chi connectivity index (χ1) is 6.02. The van der Waals surface area contributed by atoms with Gasteiger partial charge >= 0.3 is 5.97 Å². The van der Waals surface area contributed by atoms with Gasteiger partial charge in [-0.25, -0.2) is 4.79 Å². The number of hydrogen-bond donors (Lipinski definition) is 3. The van der Waals surface area contributed by atoms with Crippen LogP contribution in [-0.2, 0) is 9.53 Å². The molecule has 5 nitrogen and oxygen atoms in total. The lowest BCUT2D eigenvalue weighted by atomic mass is 10.1. The number of methoxy groups -OCH3 is 1. The Morgan fingerprint density at radius 3 is 2.77 bits per heavy atom. The molecule has 0 rings (SSSR count). The van der Waals surface area contributed by atoms with Crippen LogP contribution in [0, 0.1) is 0 Å². The van der Waals surface area contributed by atoms with Gasteiger partial charge < -0.3 is 20.3 Å². The SMILES string of the molecule is COC(=O)/C=C/NCC(C)(O)CO. The van der Waals surface area contributed by atoms with Gasteiger partial charge in [0.15, 0.2) is 0 Å². The van der Waals surface area contributed by atoms with Crippen LogP contribution >= 0.6 is 0 Å². The molecule has 1 unspecified atom stereocenters. The van der Waals surface area contributed by atoms with Crippen molar-refractivity contribution in [3.63, 3.8) is 0 Å². The minimum absolute atomic E-state index is 0.164. The van der Waals surface area contributed by atoms with Gasteiger partial charge in [-0.2, -0.15) is 0 Å². The molecule has 0 spiro atoms. The van der Waals surface area contributed by atoms with Gasteiger partial charge in [0, 0.05) is 18.8 Å². The van der Waals surface area contributed by atoms with Crippen LogP contribution in [0.4, 0.5) is 0 Å². The number of hydrogen-bond acceptors (Lipinski definition) is 5. The Morgan fingerprint density at radius 2 is 2.31 bits per heavy atom. The monoisotopic (exact) mass is 189 g/mol. The lowest BCUT2D eigenvalue weighted by molar-refractivity contribution is -0.134. The first kappa shape index (κ1) is 11.9. The number of esters is 1. The van der Waals surface area contributed by atoms with Gasteiger partial charge in [0.2, 0.25) is 0 Å². The number of nitrogens with one attached hydrogen (secondary N) is 1. The van der Waals surface area contributed by atoms with E-state index in [0.717, 1.165) is 0 Å². The fourth-order valence-corrected chi connectivity index (χ4v) is 0.530. The van der Waals surface area contributed by atoms with Crippen molar-refractivity contribution in [3.8, 4) is 0 Å². The third kappa shape index (κ3) is 6.12. The van der Waals surface area contributed by atoms with Gasteiger partial charge in [-0.1, -0.05) is 0 Å². The van der Waals surface area contributed by atoms with E-state index in [1.165, 1.54) is 26.3 Å². The molecule has 0 fully saturated rings. The second-order valence-corrected chi connectivity index (χ2v) is 2.89. The van der Waals surface area contributed by atoms with Crippen molar-refractivity contribution in [2.75, 3.05) is 20.3 Å². The number of aliphatic hydroxyl groups excluding tert-OH is 1.